The van der Waals surface area contributed by atoms with E-state index >= 15 is 0 Å². The summed E-state index contributed by atoms with van der Waals surface area (Å²) in [6, 6.07) is 0. The lowest BCUT2D eigenvalue weighted by atomic mass is 10.1. The molecule has 23 heavy (non-hydrogen) atoms. The number of rotatable bonds is 4. The molecule has 2 aromatic heterocycles. The highest BCUT2D eigenvalue weighted by atomic mass is 19.1. The molecule has 0 aliphatic carbocycles. The van der Waals surface area contributed by atoms with Gasteiger partial charge in [-0.1, -0.05) is 0 Å². The Morgan fingerprint density at radius 2 is 2.26 bits per heavy atom. The molecule has 1 fully saturated rings. The van der Waals surface area contributed by atoms with Gasteiger partial charge in [-0.2, -0.15) is 4.98 Å². The van der Waals surface area contributed by atoms with Crippen molar-refractivity contribution in [1.29, 1.82) is 0 Å². The van der Waals surface area contributed by atoms with Gasteiger partial charge in [-0.05, 0) is 0 Å². The number of aromatic nitrogens is 4. The average molecular weight is 327 g/mol. The summed E-state index contributed by atoms with van der Waals surface area (Å²) < 4.78 is 21.1. The van der Waals surface area contributed by atoms with E-state index in [9.17, 15) is 19.1 Å². The van der Waals surface area contributed by atoms with Gasteiger partial charge in [-0.15, -0.1) is 0 Å². The van der Waals surface area contributed by atoms with Crippen LogP contribution in [0.5, 0.6) is 0 Å². The Balaban J connectivity index is 2.21. The molecule has 4 atom stereocenters. The van der Waals surface area contributed by atoms with E-state index in [4.69, 9.17) is 15.6 Å². The number of carbonyl (C=O) groups excluding carboxylic acids is 1. The first-order valence-electron chi connectivity index (χ1n) is 6.75. The molecule has 0 bridgehead atoms. The van der Waals surface area contributed by atoms with Gasteiger partial charge in [0.05, 0.1) is 19.3 Å². The first kappa shape index (κ1) is 15.5. The molecule has 1 aliphatic rings. The number of aliphatic hydroxyl groups is 2. The lowest BCUT2D eigenvalue weighted by molar-refractivity contribution is -0.108. The average Bonchev–Trinajstić information content (AvgIpc) is 2.95. The number of hydrogen-bond donors (Lipinski definition) is 3. The van der Waals surface area contributed by atoms with E-state index in [1.807, 2.05) is 0 Å². The highest BCUT2D eigenvalue weighted by molar-refractivity contribution is 5.73. The first-order valence-corrected chi connectivity index (χ1v) is 6.75. The molecule has 0 spiro atoms. The molecule has 11 heteroatoms. The number of nitrogens with two attached hydrogens (primary N) is 1. The van der Waals surface area contributed by atoms with Crippen molar-refractivity contribution in [2.45, 2.75) is 31.2 Å². The molecule has 1 aliphatic heterocycles. The first-order chi connectivity index (χ1) is 11.0. The molecule has 0 unspecified atom stereocenters. The molecule has 0 aromatic carbocycles. The monoisotopic (exact) mass is 327 g/mol. The molecule has 4 N–H and O–H groups in total. The van der Waals surface area contributed by atoms with Crippen LogP contribution in [0.15, 0.2) is 11.0 Å². The van der Waals surface area contributed by atoms with Crippen molar-refractivity contribution in [1.82, 2.24) is 19.1 Å². The number of ether oxygens (including phenoxy) is 1. The summed E-state index contributed by atoms with van der Waals surface area (Å²) in [7, 11) is 0. The van der Waals surface area contributed by atoms with Crippen molar-refractivity contribution in [3.63, 3.8) is 0 Å². The van der Waals surface area contributed by atoms with Crippen LogP contribution in [-0.4, -0.2) is 60.6 Å². The van der Waals surface area contributed by atoms with Gasteiger partial charge in [0.1, 0.15) is 24.0 Å². The minimum atomic E-state index is -1.87. The SMILES string of the molecule is Nc1ncc2c(n1)n([C@@H]1O[C@H](CO)[C@@H](F)[C@H]1O)c(=O)n2CC=O. The van der Waals surface area contributed by atoms with E-state index in [-0.39, 0.29) is 23.7 Å². The number of carbonyl (C=O) groups is 1. The van der Waals surface area contributed by atoms with Crippen LogP contribution in [0, 0.1) is 0 Å². The zero-order valence-electron chi connectivity index (χ0n) is 11.7. The van der Waals surface area contributed by atoms with Crippen LogP contribution in [0.1, 0.15) is 6.23 Å². The smallest absolute Gasteiger partial charge is 0.333 e. The molecule has 3 heterocycles. The number of aliphatic hydroxyl groups excluding tert-OH is 2. The van der Waals surface area contributed by atoms with Crippen LogP contribution in [0.25, 0.3) is 11.2 Å². The van der Waals surface area contributed by atoms with Gasteiger partial charge in [0.2, 0.25) is 5.95 Å². The largest absolute Gasteiger partial charge is 0.394 e. The van der Waals surface area contributed by atoms with E-state index in [1.165, 1.54) is 6.20 Å². The number of imidazole rings is 1. The van der Waals surface area contributed by atoms with Crippen molar-refractivity contribution in [3.05, 3.63) is 16.7 Å². The molecular formula is C12H14FN5O5. The number of halogens is 1. The third-order valence-electron chi connectivity index (χ3n) is 3.70. The molecule has 1 saturated heterocycles. The standard InChI is InChI=1S/C12H14FN5O5/c13-7-6(4-20)23-10(8(7)21)18-9-5(3-15-11(14)16-9)17(1-2-19)12(18)22/h2-3,6-8,10,20-21H,1,4H2,(H2,14,15,16)/t6-,7-,8-,10-/m1/s1. The highest BCUT2D eigenvalue weighted by Gasteiger charge is 2.46. The van der Waals surface area contributed by atoms with Crippen molar-refractivity contribution in [2.75, 3.05) is 12.3 Å². The second-order valence-corrected chi connectivity index (χ2v) is 5.05. The van der Waals surface area contributed by atoms with Crippen molar-refractivity contribution >= 4 is 23.4 Å². The molecule has 124 valence electrons. The zero-order valence-corrected chi connectivity index (χ0v) is 11.7. The molecule has 3 rings (SSSR count). The van der Waals surface area contributed by atoms with Gasteiger partial charge in [0.15, 0.2) is 18.0 Å². The fourth-order valence-electron chi connectivity index (χ4n) is 2.62. The Bertz CT molecular complexity index is 805. The maximum Gasteiger partial charge on any atom is 0.333 e. The molecule has 10 nitrogen and oxygen atoms in total. The summed E-state index contributed by atoms with van der Waals surface area (Å²) in [5.41, 5.74) is 4.96. The van der Waals surface area contributed by atoms with Crippen LogP contribution >= 0.6 is 0 Å². The number of nitrogen functional groups attached to an aromatic ring is 1. The topological polar surface area (TPSA) is 145 Å². The van der Waals surface area contributed by atoms with Crippen molar-refractivity contribution in [2.24, 2.45) is 0 Å². The molecule has 2 aromatic rings. The number of anilines is 1. The lowest BCUT2D eigenvalue weighted by Crippen LogP contribution is -2.34. The van der Waals surface area contributed by atoms with Gasteiger partial charge in [0.25, 0.3) is 0 Å². The summed E-state index contributed by atoms with van der Waals surface area (Å²) in [4.78, 5) is 30.9. The van der Waals surface area contributed by atoms with Gasteiger partial charge in [-0.3, -0.25) is 4.57 Å². The van der Waals surface area contributed by atoms with Crippen LogP contribution in [0.4, 0.5) is 10.3 Å². The molecular weight excluding hydrogens is 313 g/mol. The van der Waals surface area contributed by atoms with E-state index in [2.05, 4.69) is 9.97 Å². The summed E-state index contributed by atoms with van der Waals surface area (Å²) in [6.45, 7) is -0.936. The van der Waals surface area contributed by atoms with Gasteiger partial charge >= 0.3 is 5.69 Å². The number of alkyl halides is 1. The van der Waals surface area contributed by atoms with Crippen molar-refractivity contribution < 1.29 is 24.1 Å². The maximum atomic E-state index is 13.9. The van der Waals surface area contributed by atoms with Crippen LogP contribution in [-0.2, 0) is 16.1 Å². The van der Waals surface area contributed by atoms with E-state index in [1.54, 1.807) is 0 Å². The number of fused-ring (bicyclic) bond motifs is 1. The Kier molecular flexibility index (Phi) is 3.83. The third kappa shape index (κ3) is 2.29. The summed E-state index contributed by atoms with van der Waals surface area (Å²) in [5.74, 6) is -0.141. The minimum absolute atomic E-state index is 0.000750. The summed E-state index contributed by atoms with van der Waals surface area (Å²) in [5, 5.41) is 19.1. The van der Waals surface area contributed by atoms with Gasteiger partial charge in [0, 0.05) is 0 Å². The van der Waals surface area contributed by atoms with E-state index in [0.717, 1.165) is 9.13 Å². The van der Waals surface area contributed by atoms with Crippen LogP contribution in [0.2, 0.25) is 0 Å². The Morgan fingerprint density at radius 1 is 1.52 bits per heavy atom. The number of aldehydes is 1. The molecule has 0 radical (unpaired) electrons. The second kappa shape index (κ2) is 5.68. The Hall–Kier alpha value is -2.37. The van der Waals surface area contributed by atoms with E-state index in [0.29, 0.717) is 6.29 Å². The third-order valence-corrected chi connectivity index (χ3v) is 3.70. The Morgan fingerprint density at radius 3 is 2.87 bits per heavy atom. The van der Waals surface area contributed by atoms with Crippen LogP contribution < -0.4 is 11.4 Å². The van der Waals surface area contributed by atoms with Gasteiger partial charge < -0.3 is 25.5 Å². The fraction of sp³-hybridized carbons (Fsp3) is 0.500. The predicted molar refractivity (Wildman–Crippen MR) is 74.2 cm³/mol. The van der Waals surface area contributed by atoms with Gasteiger partial charge in [-0.25, -0.2) is 18.7 Å². The normalized spacial score (nSPS) is 27.6. The summed E-state index contributed by atoms with van der Waals surface area (Å²) in [6.07, 6.45) is -4.49. The molecule has 0 saturated carbocycles. The minimum Gasteiger partial charge on any atom is -0.394 e. The van der Waals surface area contributed by atoms with Crippen LogP contribution in [0.3, 0.4) is 0 Å². The fourth-order valence-corrected chi connectivity index (χ4v) is 2.62. The highest BCUT2D eigenvalue weighted by Crippen LogP contribution is 2.32. The molecule has 0 amide bonds. The predicted octanol–water partition coefficient (Wildman–Crippen LogP) is -2.04. The zero-order chi connectivity index (χ0) is 16.7. The second-order valence-electron chi connectivity index (χ2n) is 5.05. The number of nitrogens with zero attached hydrogens (tertiary/aromatic N) is 4. The maximum absolute atomic E-state index is 13.9. The Labute approximate surface area is 127 Å². The van der Waals surface area contributed by atoms with E-state index < -0.39 is 36.9 Å². The lowest BCUT2D eigenvalue weighted by Gasteiger charge is -2.15. The quantitative estimate of drug-likeness (QED) is 0.545. The van der Waals surface area contributed by atoms with Crippen molar-refractivity contribution in [3.8, 4) is 0 Å². The summed E-state index contributed by atoms with van der Waals surface area (Å²) >= 11 is 0. The number of hydrogen-bond acceptors (Lipinski definition) is 8.